The fourth-order valence-electron chi connectivity index (χ4n) is 4.96. The van der Waals surface area contributed by atoms with Crippen LogP contribution in [0.3, 0.4) is 0 Å². The number of aromatic nitrogens is 4. The van der Waals surface area contributed by atoms with Crippen LogP contribution in [-0.4, -0.2) is 48.5 Å². The molecule has 0 spiro atoms. The van der Waals surface area contributed by atoms with Gasteiger partial charge in [0.2, 0.25) is 0 Å². The van der Waals surface area contributed by atoms with Gasteiger partial charge in [-0.1, -0.05) is 18.2 Å². The Hall–Kier alpha value is -4.95. The minimum Gasteiger partial charge on any atom is -0.457 e. The molecule has 5 rings (SSSR count). The van der Waals surface area contributed by atoms with E-state index in [2.05, 4.69) is 9.97 Å². The summed E-state index contributed by atoms with van der Waals surface area (Å²) in [6.07, 6.45) is 4.08. The van der Waals surface area contributed by atoms with Crippen molar-refractivity contribution in [1.82, 2.24) is 24.0 Å². The molecule has 0 bridgehead atoms. The van der Waals surface area contributed by atoms with E-state index in [1.54, 1.807) is 47.6 Å². The van der Waals surface area contributed by atoms with E-state index in [-0.39, 0.29) is 29.7 Å². The molecule has 4 N–H and O–H groups in total. The second-order valence-corrected chi connectivity index (χ2v) is 10.4. The number of nitriles is 1. The first-order chi connectivity index (χ1) is 19.2. The maximum atomic E-state index is 14.0. The number of hydrogen-bond acceptors (Lipinski definition) is 8. The number of carbonyl (C=O) groups is 1. The Kier molecular flexibility index (Phi) is 7.11. The largest absolute Gasteiger partial charge is 0.457 e. The number of nitrogens with zero attached hydrogens (tertiary/aromatic N) is 6. The van der Waals surface area contributed by atoms with E-state index in [0.29, 0.717) is 47.7 Å². The van der Waals surface area contributed by atoms with Crippen LogP contribution < -0.4 is 21.9 Å². The molecule has 204 valence electrons. The molecule has 3 heterocycles. The van der Waals surface area contributed by atoms with Gasteiger partial charge in [0.05, 0.1) is 11.7 Å². The number of nitrogens with two attached hydrogens (primary N) is 2. The van der Waals surface area contributed by atoms with Crippen molar-refractivity contribution in [2.45, 2.75) is 38.3 Å². The fraction of sp³-hybridized carbons (Fsp3) is 0.276. The third-order valence-corrected chi connectivity index (χ3v) is 6.67. The Morgan fingerprint density at radius 2 is 1.82 bits per heavy atom. The van der Waals surface area contributed by atoms with Gasteiger partial charge in [-0.25, -0.2) is 14.8 Å². The average Bonchev–Trinajstić information content (AvgIpc) is 3.25. The second-order valence-electron chi connectivity index (χ2n) is 10.4. The molecule has 0 saturated carbocycles. The van der Waals surface area contributed by atoms with Crippen molar-refractivity contribution in [3.05, 3.63) is 83.1 Å². The molecular formula is C29H30N8O3. The van der Waals surface area contributed by atoms with E-state index < -0.39 is 11.4 Å². The van der Waals surface area contributed by atoms with Crippen LogP contribution in [0.5, 0.6) is 11.5 Å². The lowest BCUT2D eigenvalue weighted by Gasteiger charge is -2.33. The topological polar surface area (TPSA) is 158 Å². The third-order valence-electron chi connectivity index (χ3n) is 6.67. The van der Waals surface area contributed by atoms with Crippen LogP contribution in [0.4, 0.5) is 5.82 Å². The first-order valence-electron chi connectivity index (χ1n) is 12.9. The van der Waals surface area contributed by atoms with Crippen LogP contribution >= 0.6 is 0 Å². The molecule has 0 aliphatic carbocycles. The van der Waals surface area contributed by atoms with E-state index in [0.717, 1.165) is 0 Å². The highest BCUT2D eigenvalue weighted by Crippen LogP contribution is 2.29. The maximum absolute atomic E-state index is 14.0. The number of carbonyl (C=O) groups excluding carboxylic acids is 1. The number of fused-ring (bicyclic) bond motifs is 1. The van der Waals surface area contributed by atoms with Gasteiger partial charge >= 0.3 is 5.69 Å². The quantitative estimate of drug-likeness (QED) is 0.279. The Balaban J connectivity index is 1.51. The zero-order valence-electron chi connectivity index (χ0n) is 22.3. The van der Waals surface area contributed by atoms with Gasteiger partial charge in [0, 0.05) is 18.6 Å². The maximum Gasteiger partial charge on any atom is 0.335 e. The molecule has 1 saturated heterocycles. The van der Waals surface area contributed by atoms with Crippen molar-refractivity contribution in [2.24, 2.45) is 5.73 Å². The SMILES string of the molecule is CC(C)(N)/C=C(/C#N)C(=O)N1CCC[C@H](n2c(=O)n(-c3ccc(Oc4ccccc4)cc3)c3c(N)ncnc32)C1. The van der Waals surface area contributed by atoms with E-state index in [1.165, 1.54) is 17.0 Å². The number of hydrogen-bond donors (Lipinski definition) is 2. The molecule has 1 aliphatic rings. The monoisotopic (exact) mass is 538 g/mol. The van der Waals surface area contributed by atoms with Crippen molar-refractivity contribution in [1.29, 1.82) is 5.26 Å². The fourth-order valence-corrected chi connectivity index (χ4v) is 4.96. The number of anilines is 1. The number of para-hydroxylation sites is 1. The van der Waals surface area contributed by atoms with Gasteiger partial charge in [-0.05, 0) is 69.2 Å². The van der Waals surface area contributed by atoms with Crippen LogP contribution in [0.25, 0.3) is 16.9 Å². The number of rotatable bonds is 6. The van der Waals surface area contributed by atoms with E-state index in [4.69, 9.17) is 16.2 Å². The number of benzene rings is 2. The Morgan fingerprint density at radius 1 is 1.12 bits per heavy atom. The normalized spacial score (nSPS) is 16.1. The molecule has 11 heteroatoms. The van der Waals surface area contributed by atoms with E-state index in [9.17, 15) is 14.9 Å². The minimum absolute atomic E-state index is 0.0210. The van der Waals surface area contributed by atoms with Gasteiger partial charge in [0.15, 0.2) is 11.5 Å². The summed E-state index contributed by atoms with van der Waals surface area (Å²) in [5, 5.41) is 9.60. The van der Waals surface area contributed by atoms with Gasteiger partial charge in [-0.3, -0.25) is 13.9 Å². The Labute approximate surface area is 230 Å². The standard InChI is InChI=1S/C29H30N8O3/c1-29(2,32)15-19(16-30)27(38)35-14-6-7-21(17-35)37-26-24(25(31)33-18-34-26)36(28(37)39)20-10-12-23(13-11-20)40-22-8-4-3-5-9-22/h3-5,8-13,15,18,21H,6-7,14,17,32H2,1-2H3,(H2,31,33,34)/b19-15-/t21-/m0/s1. The summed E-state index contributed by atoms with van der Waals surface area (Å²) in [5.74, 6) is 1.06. The van der Waals surface area contributed by atoms with Gasteiger partial charge in [0.25, 0.3) is 5.91 Å². The summed E-state index contributed by atoms with van der Waals surface area (Å²) < 4.78 is 8.94. The molecule has 1 atom stereocenters. The van der Waals surface area contributed by atoms with Crippen LogP contribution in [0, 0.1) is 11.3 Å². The molecule has 40 heavy (non-hydrogen) atoms. The number of amides is 1. The summed E-state index contributed by atoms with van der Waals surface area (Å²) >= 11 is 0. The Morgan fingerprint density at radius 3 is 2.50 bits per heavy atom. The third kappa shape index (κ3) is 5.30. The summed E-state index contributed by atoms with van der Waals surface area (Å²) in [7, 11) is 0. The zero-order valence-corrected chi connectivity index (χ0v) is 22.3. The lowest BCUT2D eigenvalue weighted by Crippen LogP contribution is -2.44. The molecule has 4 aromatic rings. The number of piperidine rings is 1. The van der Waals surface area contributed by atoms with Crippen molar-refractivity contribution in [2.75, 3.05) is 18.8 Å². The lowest BCUT2D eigenvalue weighted by atomic mass is 10.0. The summed E-state index contributed by atoms with van der Waals surface area (Å²) in [6.45, 7) is 4.13. The van der Waals surface area contributed by atoms with Gasteiger partial charge < -0.3 is 21.1 Å². The average molecular weight is 539 g/mol. The molecule has 1 amide bonds. The summed E-state index contributed by atoms with van der Waals surface area (Å²) in [5.41, 5.74) is 12.4. The molecule has 1 aliphatic heterocycles. The number of nitrogen functional groups attached to an aromatic ring is 1. The van der Waals surface area contributed by atoms with Crippen molar-refractivity contribution < 1.29 is 9.53 Å². The summed E-state index contributed by atoms with van der Waals surface area (Å²) in [4.78, 5) is 37.3. The molecular weight excluding hydrogens is 508 g/mol. The number of ether oxygens (including phenoxy) is 1. The van der Waals surface area contributed by atoms with Gasteiger partial charge in [-0.15, -0.1) is 0 Å². The van der Waals surface area contributed by atoms with Crippen LogP contribution in [0.15, 0.2) is 77.4 Å². The predicted molar refractivity (Wildman–Crippen MR) is 151 cm³/mol. The van der Waals surface area contributed by atoms with Gasteiger partial charge in [-0.2, -0.15) is 5.26 Å². The smallest absolute Gasteiger partial charge is 0.335 e. The predicted octanol–water partition coefficient (Wildman–Crippen LogP) is 3.31. The van der Waals surface area contributed by atoms with Crippen LogP contribution in [0.2, 0.25) is 0 Å². The van der Waals surface area contributed by atoms with E-state index in [1.807, 2.05) is 36.4 Å². The zero-order chi connectivity index (χ0) is 28.4. The Bertz CT molecular complexity index is 1680. The van der Waals surface area contributed by atoms with Gasteiger partial charge in [0.1, 0.15) is 35.0 Å². The minimum atomic E-state index is -0.823. The highest BCUT2D eigenvalue weighted by Gasteiger charge is 2.31. The van der Waals surface area contributed by atoms with Crippen molar-refractivity contribution in [3.8, 4) is 23.3 Å². The molecule has 0 unspecified atom stereocenters. The lowest BCUT2D eigenvalue weighted by molar-refractivity contribution is -0.128. The number of imidazole rings is 1. The first kappa shape index (κ1) is 26.6. The molecule has 11 nitrogen and oxygen atoms in total. The molecule has 0 radical (unpaired) electrons. The summed E-state index contributed by atoms with van der Waals surface area (Å²) in [6, 6.07) is 18.1. The second kappa shape index (κ2) is 10.7. The molecule has 2 aromatic carbocycles. The first-order valence-corrected chi connectivity index (χ1v) is 12.9. The van der Waals surface area contributed by atoms with Crippen LogP contribution in [0.1, 0.15) is 32.7 Å². The molecule has 1 fully saturated rings. The van der Waals surface area contributed by atoms with Crippen molar-refractivity contribution in [3.63, 3.8) is 0 Å². The van der Waals surface area contributed by atoms with E-state index >= 15 is 0 Å². The highest BCUT2D eigenvalue weighted by atomic mass is 16.5. The van der Waals surface area contributed by atoms with Crippen molar-refractivity contribution >= 4 is 22.9 Å². The highest BCUT2D eigenvalue weighted by molar-refractivity contribution is 5.97. The van der Waals surface area contributed by atoms with Crippen LogP contribution in [-0.2, 0) is 4.79 Å². The molecule has 2 aromatic heterocycles. The number of likely N-dealkylation sites (tertiary alicyclic amines) is 1.